The number of amides is 2. The van der Waals surface area contributed by atoms with Crippen LogP contribution in [0.25, 0.3) is 0 Å². The quantitative estimate of drug-likeness (QED) is 0.739. The van der Waals surface area contributed by atoms with Crippen molar-refractivity contribution < 1.29 is 9.59 Å². The molecule has 1 aliphatic carbocycles. The van der Waals surface area contributed by atoms with E-state index in [4.69, 9.17) is 0 Å². The van der Waals surface area contributed by atoms with Gasteiger partial charge in [0.2, 0.25) is 5.91 Å². The van der Waals surface area contributed by atoms with E-state index >= 15 is 0 Å². The molecule has 1 fully saturated rings. The lowest BCUT2D eigenvalue weighted by molar-refractivity contribution is -0.113. The van der Waals surface area contributed by atoms with Crippen LogP contribution in [0.1, 0.15) is 47.2 Å². The van der Waals surface area contributed by atoms with Gasteiger partial charge >= 0.3 is 0 Å². The summed E-state index contributed by atoms with van der Waals surface area (Å²) in [5.41, 5.74) is 3.59. The minimum atomic E-state index is -0.106. The Labute approximate surface area is 165 Å². The molecule has 27 heavy (non-hydrogen) atoms. The van der Waals surface area contributed by atoms with Crippen LogP contribution >= 0.6 is 11.8 Å². The number of hydrogen-bond acceptors (Lipinski definition) is 3. The number of rotatable bonds is 7. The first-order chi connectivity index (χ1) is 13.1. The van der Waals surface area contributed by atoms with Crippen molar-refractivity contribution in [3.8, 4) is 0 Å². The van der Waals surface area contributed by atoms with E-state index in [0.29, 0.717) is 17.0 Å². The summed E-state index contributed by atoms with van der Waals surface area (Å²) in [5.74, 6) is 0.955. The molecule has 3 rings (SSSR count). The third kappa shape index (κ3) is 5.60. The highest BCUT2D eigenvalue weighted by molar-refractivity contribution is 7.99. The maximum atomic E-state index is 12.6. The Bertz CT molecular complexity index is 800. The van der Waals surface area contributed by atoms with Gasteiger partial charge in [0.1, 0.15) is 0 Å². The zero-order chi connectivity index (χ0) is 19.1. The largest absolute Gasteiger partial charge is 0.349 e. The van der Waals surface area contributed by atoms with Crippen molar-refractivity contribution in [2.45, 2.75) is 44.4 Å². The van der Waals surface area contributed by atoms with E-state index in [1.54, 1.807) is 23.9 Å². The standard InChI is InChI=1S/C22H26N2O2S/c1-16-8-2-3-9-17(16)14-27-15-21(25)24-20-13-7-6-12-19(20)22(26)23-18-10-4-5-11-18/h2-3,6-9,12-13,18H,4-5,10-11,14-15H2,1H3,(H,23,26)(H,24,25). The lowest BCUT2D eigenvalue weighted by Crippen LogP contribution is -2.33. The summed E-state index contributed by atoms with van der Waals surface area (Å²) in [7, 11) is 0. The molecule has 2 aromatic carbocycles. The number of carbonyl (C=O) groups excluding carboxylic acids is 2. The van der Waals surface area contributed by atoms with Crippen molar-refractivity contribution in [2.24, 2.45) is 0 Å². The molecule has 5 heteroatoms. The number of benzene rings is 2. The van der Waals surface area contributed by atoms with E-state index in [1.165, 1.54) is 24.0 Å². The Hall–Kier alpha value is -2.27. The van der Waals surface area contributed by atoms with E-state index in [1.807, 2.05) is 24.3 Å². The molecule has 0 unspecified atom stereocenters. The third-order valence-electron chi connectivity index (χ3n) is 4.89. The zero-order valence-corrected chi connectivity index (χ0v) is 16.5. The van der Waals surface area contributed by atoms with Crippen LogP contribution in [0.4, 0.5) is 5.69 Å². The van der Waals surface area contributed by atoms with Gasteiger partial charge in [-0.15, -0.1) is 11.8 Å². The second-order valence-electron chi connectivity index (χ2n) is 6.97. The minimum absolute atomic E-state index is 0.0882. The van der Waals surface area contributed by atoms with Crippen LogP contribution in [0.2, 0.25) is 0 Å². The molecule has 1 aliphatic rings. The van der Waals surface area contributed by atoms with Crippen LogP contribution in [-0.4, -0.2) is 23.6 Å². The number of anilines is 1. The smallest absolute Gasteiger partial charge is 0.253 e. The van der Waals surface area contributed by atoms with Crippen molar-refractivity contribution >= 4 is 29.3 Å². The molecule has 0 aromatic heterocycles. The molecule has 0 spiro atoms. The highest BCUT2D eigenvalue weighted by Crippen LogP contribution is 2.21. The number of carbonyl (C=O) groups is 2. The molecule has 0 saturated heterocycles. The summed E-state index contributed by atoms with van der Waals surface area (Å²) in [4.78, 5) is 24.9. The first-order valence-electron chi connectivity index (χ1n) is 9.45. The Morgan fingerprint density at radius 2 is 1.74 bits per heavy atom. The Morgan fingerprint density at radius 3 is 2.52 bits per heavy atom. The van der Waals surface area contributed by atoms with Gasteiger partial charge in [-0.1, -0.05) is 49.2 Å². The van der Waals surface area contributed by atoms with E-state index in [-0.39, 0.29) is 17.9 Å². The summed E-state index contributed by atoms with van der Waals surface area (Å²) in [6.07, 6.45) is 4.41. The van der Waals surface area contributed by atoms with Gasteiger partial charge in [0.05, 0.1) is 17.0 Å². The predicted octanol–water partition coefficient (Wildman–Crippen LogP) is 4.54. The van der Waals surface area contributed by atoms with Gasteiger partial charge in [-0.25, -0.2) is 0 Å². The number of hydrogen-bond donors (Lipinski definition) is 2. The number of para-hydroxylation sites is 1. The molecule has 1 saturated carbocycles. The van der Waals surface area contributed by atoms with Gasteiger partial charge in [-0.2, -0.15) is 0 Å². The predicted molar refractivity (Wildman–Crippen MR) is 112 cm³/mol. The van der Waals surface area contributed by atoms with Crippen LogP contribution in [0.3, 0.4) is 0 Å². The third-order valence-corrected chi connectivity index (χ3v) is 5.87. The molecule has 0 bridgehead atoms. The van der Waals surface area contributed by atoms with Gasteiger partial charge in [0.25, 0.3) is 5.91 Å². The molecule has 2 N–H and O–H groups in total. The van der Waals surface area contributed by atoms with Gasteiger partial charge in [0.15, 0.2) is 0 Å². The average molecular weight is 383 g/mol. The summed E-state index contributed by atoms with van der Waals surface area (Å²) < 4.78 is 0. The molecule has 2 aromatic rings. The first kappa shape index (κ1) is 19.5. The first-order valence-corrected chi connectivity index (χ1v) is 10.6. The molecule has 0 aliphatic heterocycles. The van der Waals surface area contributed by atoms with Gasteiger partial charge in [-0.05, 0) is 43.0 Å². The van der Waals surface area contributed by atoms with Crippen LogP contribution in [-0.2, 0) is 10.5 Å². The molecule has 0 heterocycles. The lowest BCUT2D eigenvalue weighted by Gasteiger charge is -2.15. The summed E-state index contributed by atoms with van der Waals surface area (Å²) in [5, 5.41) is 5.98. The molecule has 4 nitrogen and oxygen atoms in total. The second-order valence-corrected chi connectivity index (χ2v) is 7.95. The zero-order valence-electron chi connectivity index (χ0n) is 15.7. The molecule has 0 atom stereocenters. The highest BCUT2D eigenvalue weighted by atomic mass is 32.2. The average Bonchev–Trinajstić information content (AvgIpc) is 3.17. The van der Waals surface area contributed by atoms with Crippen molar-refractivity contribution in [3.05, 3.63) is 65.2 Å². The highest BCUT2D eigenvalue weighted by Gasteiger charge is 2.20. The van der Waals surface area contributed by atoms with E-state index in [0.717, 1.165) is 18.6 Å². The molecule has 0 radical (unpaired) electrons. The summed E-state index contributed by atoms with van der Waals surface area (Å²) in [6, 6.07) is 15.7. The van der Waals surface area contributed by atoms with Gasteiger partial charge < -0.3 is 10.6 Å². The fourth-order valence-corrected chi connectivity index (χ4v) is 4.24. The summed E-state index contributed by atoms with van der Waals surface area (Å²) >= 11 is 1.58. The van der Waals surface area contributed by atoms with E-state index in [9.17, 15) is 9.59 Å². The molecule has 142 valence electrons. The normalized spacial score (nSPS) is 14.1. The Morgan fingerprint density at radius 1 is 1.04 bits per heavy atom. The van der Waals surface area contributed by atoms with Gasteiger partial charge in [-0.3, -0.25) is 9.59 Å². The number of thioether (sulfide) groups is 1. The molecular formula is C22H26N2O2S. The fourth-order valence-electron chi connectivity index (χ4n) is 3.34. The maximum Gasteiger partial charge on any atom is 0.253 e. The lowest BCUT2D eigenvalue weighted by atomic mass is 10.1. The number of nitrogens with one attached hydrogen (secondary N) is 2. The van der Waals surface area contributed by atoms with Gasteiger partial charge in [0, 0.05) is 11.8 Å². The van der Waals surface area contributed by atoms with Crippen LogP contribution in [0.15, 0.2) is 48.5 Å². The Kier molecular flexibility index (Phi) is 6.93. The van der Waals surface area contributed by atoms with E-state index < -0.39 is 0 Å². The second kappa shape index (κ2) is 9.60. The van der Waals surface area contributed by atoms with Crippen LogP contribution < -0.4 is 10.6 Å². The minimum Gasteiger partial charge on any atom is -0.349 e. The molecule has 2 amide bonds. The van der Waals surface area contributed by atoms with Crippen LogP contribution in [0, 0.1) is 6.92 Å². The van der Waals surface area contributed by atoms with Crippen molar-refractivity contribution in [1.29, 1.82) is 0 Å². The molecular weight excluding hydrogens is 356 g/mol. The van der Waals surface area contributed by atoms with E-state index in [2.05, 4.69) is 29.7 Å². The van der Waals surface area contributed by atoms with Crippen molar-refractivity contribution in [3.63, 3.8) is 0 Å². The van der Waals surface area contributed by atoms with Crippen molar-refractivity contribution in [1.82, 2.24) is 5.32 Å². The number of aryl methyl sites for hydroxylation is 1. The SMILES string of the molecule is Cc1ccccc1CSCC(=O)Nc1ccccc1C(=O)NC1CCCC1. The van der Waals surface area contributed by atoms with Crippen molar-refractivity contribution in [2.75, 3.05) is 11.1 Å². The maximum absolute atomic E-state index is 12.6. The fraction of sp³-hybridized carbons (Fsp3) is 0.364. The van der Waals surface area contributed by atoms with Crippen LogP contribution in [0.5, 0.6) is 0 Å². The Balaban J connectivity index is 1.54. The monoisotopic (exact) mass is 382 g/mol. The summed E-state index contributed by atoms with van der Waals surface area (Å²) in [6.45, 7) is 2.08. The topological polar surface area (TPSA) is 58.2 Å².